The maximum Gasteiger partial charge on any atom is 0.273 e. The molecule has 3 aromatic heterocycles. The van der Waals surface area contributed by atoms with E-state index in [0.717, 1.165) is 21.5 Å². The second-order valence-corrected chi connectivity index (χ2v) is 7.49. The maximum absolute atomic E-state index is 13.0. The molecule has 1 amide bonds. The van der Waals surface area contributed by atoms with Gasteiger partial charge in [-0.2, -0.15) is 4.98 Å². The molecule has 7 heteroatoms. The first-order chi connectivity index (χ1) is 13.1. The molecule has 138 valence electrons. The lowest BCUT2D eigenvalue weighted by molar-refractivity contribution is -0.124. The predicted molar refractivity (Wildman–Crippen MR) is 107 cm³/mol. The molecule has 1 N–H and O–H groups in total. The monoisotopic (exact) mass is 380 g/mol. The van der Waals surface area contributed by atoms with E-state index in [-0.39, 0.29) is 11.5 Å². The molecule has 1 atom stereocenters. The summed E-state index contributed by atoms with van der Waals surface area (Å²) in [6, 6.07) is 12.8. The fourth-order valence-electron chi connectivity index (χ4n) is 3.49. The number of amides is 1. The van der Waals surface area contributed by atoms with Crippen LogP contribution in [0.5, 0.6) is 0 Å². The highest BCUT2D eigenvalue weighted by Gasteiger charge is 2.24. The van der Waals surface area contributed by atoms with Gasteiger partial charge < -0.3 is 5.32 Å². The highest BCUT2D eigenvalue weighted by Crippen LogP contribution is 2.26. The van der Waals surface area contributed by atoms with Crippen molar-refractivity contribution >= 4 is 33.8 Å². The first-order valence-corrected chi connectivity index (χ1v) is 9.78. The Hall–Kier alpha value is -2.93. The van der Waals surface area contributed by atoms with Crippen LogP contribution in [-0.4, -0.2) is 20.1 Å². The van der Waals surface area contributed by atoms with Crippen LogP contribution in [0, 0.1) is 6.92 Å². The first kappa shape index (κ1) is 17.5. The van der Waals surface area contributed by atoms with Crippen molar-refractivity contribution in [3.63, 3.8) is 0 Å². The molecule has 3 heterocycles. The van der Waals surface area contributed by atoms with Crippen molar-refractivity contribution in [2.75, 3.05) is 0 Å². The summed E-state index contributed by atoms with van der Waals surface area (Å²) < 4.78 is 3.83. The quantitative estimate of drug-likeness (QED) is 0.578. The molecule has 27 heavy (non-hydrogen) atoms. The summed E-state index contributed by atoms with van der Waals surface area (Å²) in [6.45, 7) is 4.36. The number of hydrogen-bond donors (Lipinski definition) is 1. The van der Waals surface area contributed by atoms with Crippen molar-refractivity contribution in [3.05, 3.63) is 68.8 Å². The van der Waals surface area contributed by atoms with Crippen LogP contribution in [0.4, 0.5) is 0 Å². The Morgan fingerprint density at radius 2 is 2.07 bits per heavy atom. The Morgan fingerprint density at radius 3 is 2.81 bits per heavy atom. The molecule has 0 aliphatic heterocycles. The van der Waals surface area contributed by atoms with E-state index in [4.69, 9.17) is 0 Å². The Bertz CT molecular complexity index is 1170. The van der Waals surface area contributed by atoms with Crippen molar-refractivity contribution in [1.82, 2.24) is 19.5 Å². The van der Waals surface area contributed by atoms with Gasteiger partial charge in [0.2, 0.25) is 5.91 Å². The van der Waals surface area contributed by atoms with E-state index in [2.05, 4.69) is 10.3 Å². The predicted octanol–water partition coefficient (Wildman–Crippen LogP) is 3.29. The molecule has 0 radical (unpaired) electrons. The Balaban J connectivity index is 1.84. The number of para-hydroxylation sites is 1. The number of rotatable bonds is 5. The van der Waals surface area contributed by atoms with E-state index in [1.54, 1.807) is 11.3 Å². The highest BCUT2D eigenvalue weighted by molar-refractivity contribution is 7.09. The van der Waals surface area contributed by atoms with Crippen LogP contribution in [-0.2, 0) is 11.3 Å². The second kappa shape index (κ2) is 7.00. The largest absolute Gasteiger partial charge is 0.349 e. The van der Waals surface area contributed by atoms with E-state index in [9.17, 15) is 9.59 Å². The highest BCUT2D eigenvalue weighted by atomic mass is 32.1. The molecule has 1 aromatic carbocycles. The Morgan fingerprint density at radius 1 is 1.26 bits per heavy atom. The zero-order chi connectivity index (χ0) is 19.0. The minimum absolute atomic E-state index is 0.0494. The average molecular weight is 380 g/mol. The summed E-state index contributed by atoms with van der Waals surface area (Å²) in [4.78, 5) is 30.3. The van der Waals surface area contributed by atoms with Crippen LogP contribution in [0.25, 0.3) is 16.6 Å². The number of carbonyl (C=O) groups excluding carboxylic acids is 1. The molecule has 0 fully saturated rings. The zero-order valence-electron chi connectivity index (χ0n) is 15.2. The maximum atomic E-state index is 13.0. The van der Waals surface area contributed by atoms with Crippen molar-refractivity contribution in [2.45, 2.75) is 32.9 Å². The van der Waals surface area contributed by atoms with E-state index >= 15 is 0 Å². The normalized spacial score (nSPS) is 12.5. The number of carbonyl (C=O) groups is 1. The summed E-state index contributed by atoms with van der Waals surface area (Å²) in [5.41, 5.74) is 1.95. The molecular weight excluding hydrogens is 360 g/mol. The molecule has 4 aromatic rings. The van der Waals surface area contributed by atoms with Gasteiger partial charge in [-0.25, -0.2) is 4.52 Å². The number of nitrogens with zero attached hydrogens (tertiary/aromatic N) is 3. The van der Waals surface area contributed by atoms with Crippen molar-refractivity contribution < 1.29 is 4.79 Å². The Labute approximate surface area is 160 Å². The Kier molecular flexibility index (Phi) is 4.53. The van der Waals surface area contributed by atoms with Crippen LogP contribution >= 0.6 is 11.3 Å². The summed E-state index contributed by atoms with van der Waals surface area (Å²) in [7, 11) is 0. The number of nitrogens with one attached hydrogen (secondary N) is 1. The van der Waals surface area contributed by atoms with Gasteiger partial charge >= 0.3 is 0 Å². The molecule has 0 spiro atoms. The fourth-order valence-corrected chi connectivity index (χ4v) is 4.13. The summed E-state index contributed by atoms with van der Waals surface area (Å²) in [5.74, 6) is -0.0494. The number of thiophene rings is 1. The molecule has 0 saturated carbocycles. The van der Waals surface area contributed by atoms with Crippen LogP contribution in [0.3, 0.4) is 0 Å². The second-order valence-electron chi connectivity index (χ2n) is 6.45. The van der Waals surface area contributed by atoms with Crippen LogP contribution < -0.4 is 10.9 Å². The zero-order valence-corrected chi connectivity index (χ0v) is 16.0. The molecule has 0 aliphatic carbocycles. The molecule has 4 rings (SSSR count). The lowest BCUT2D eigenvalue weighted by Gasteiger charge is -2.20. The molecule has 0 unspecified atom stereocenters. The number of hydrogen-bond acceptors (Lipinski definition) is 4. The third kappa shape index (κ3) is 3.04. The molecule has 6 nitrogen and oxygen atoms in total. The van der Waals surface area contributed by atoms with Gasteiger partial charge in [-0.1, -0.05) is 25.1 Å². The van der Waals surface area contributed by atoms with Crippen LogP contribution in [0.15, 0.2) is 52.6 Å². The lowest BCUT2D eigenvalue weighted by atomic mass is 10.2. The topological polar surface area (TPSA) is 68.4 Å². The van der Waals surface area contributed by atoms with Crippen molar-refractivity contribution in [3.8, 4) is 0 Å². The van der Waals surface area contributed by atoms with Crippen LogP contribution in [0.1, 0.15) is 30.0 Å². The van der Waals surface area contributed by atoms with E-state index in [0.29, 0.717) is 18.6 Å². The lowest BCUT2D eigenvalue weighted by Crippen LogP contribution is -2.33. The number of benzene rings is 1. The van der Waals surface area contributed by atoms with Crippen molar-refractivity contribution in [1.29, 1.82) is 0 Å². The van der Waals surface area contributed by atoms with Gasteiger partial charge in [0.1, 0.15) is 6.04 Å². The standard InChI is InChI=1S/C20H20N4O2S/c1-3-16(20(26)21-12-14-7-6-10-27-14)24-17-9-5-4-8-15(17)19-22-18(25)11-13(2)23(19)24/h4-11,16H,3,12H2,1-2H3,(H,21,26)/t16-/m1/s1. The van der Waals surface area contributed by atoms with Gasteiger partial charge in [0, 0.05) is 22.0 Å². The fraction of sp³-hybridized carbons (Fsp3) is 0.250. The van der Waals surface area contributed by atoms with E-state index in [1.165, 1.54) is 6.07 Å². The smallest absolute Gasteiger partial charge is 0.273 e. The summed E-state index contributed by atoms with van der Waals surface area (Å²) in [5, 5.41) is 5.90. The summed E-state index contributed by atoms with van der Waals surface area (Å²) in [6.07, 6.45) is 0.621. The van der Waals surface area contributed by atoms with Gasteiger partial charge in [0.15, 0.2) is 5.65 Å². The summed E-state index contributed by atoms with van der Waals surface area (Å²) >= 11 is 1.62. The average Bonchev–Trinajstić information content (AvgIpc) is 3.28. The van der Waals surface area contributed by atoms with E-state index in [1.807, 2.05) is 64.8 Å². The number of fused-ring (bicyclic) bond motifs is 3. The van der Waals surface area contributed by atoms with Crippen LogP contribution in [0.2, 0.25) is 0 Å². The van der Waals surface area contributed by atoms with Gasteiger partial charge in [-0.3, -0.25) is 14.3 Å². The molecule has 0 aliphatic rings. The third-order valence-corrected chi connectivity index (χ3v) is 5.57. The SMILES string of the molecule is CC[C@H](C(=O)NCc1cccs1)n1c2ccccc2c2nc(=O)cc(C)n21. The third-order valence-electron chi connectivity index (χ3n) is 4.69. The first-order valence-electron chi connectivity index (χ1n) is 8.90. The van der Waals surface area contributed by atoms with Gasteiger partial charge in [-0.05, 0) is 36.9 Å². The van der Waals surface area contributed by atoms with Gasteiger partial charge in [-0.15, -0.1) is 11.3 Å². The van der Waals surface area contributed by atoms with Gasteiger partial charge in [0.05, 0.1) is 12.1 Å². The van der Waals surface area contributed by atoms with Gasteiger partial charge in [0.25, 0.3) is 5.56 Å². The minimum Gasteiger partial charge on any atom is -0.349 e. The molecule has 0 bridgehead atoms. The van der Waals surface area contributed by atoms with E-state index < -0.39 is 6.04 Å². The number of aromatic nitrogens is 3. The van der Waals surface area contributed by atoms with Crippen molar-refractivity contribution in [2.24, 2.45) is 0 Å². The molecule has 0 saturated heterocycles. The number of aryl methyl sites for hydroxylation is 1. The molecular formula is C20H20N4O2S. The minimum atomic E-state index is -0.407.